The Balaban J connectivity index is 5.48. The van der Waals surface area contributed by atoms with Crippen molar-refractivity contribution in [3.8, 4) is 0 Å². The zero-order chi connectivity index (χ0) is 15.5. The third-order valence-corrected chi connectivity index (χ3v) is 6.12. The molecule has 19 heavy (non-hydrogen) atoms. The van der Waals surface area contributed by atoms with Crippen molar-refractivity contribution >= 4 is 22.6 Å². The molecule has 0 atom stereocenters. The van der Waals surface area contributed by atoms with Crippen molar-refractivity contribution in [2.24, 2.45) is 29.2 Å². The molecule has 0 rings (SSSR count). The van der Waals surface area contributed by atoms with Crippen molar-refractivity contribution in [1.29, 1.82) is 0 Å². The van der Waals surface area contributed by atoms with E-state index >= 15 is 0 Å². The number of hydrogen-bond acceptors (Lipinski definition) is 6. The molecule has 0 aromatic carbocycles. The lowest BCUT2D eigenvalue weighted by molar-refractivity contribution is -1.21. The Labute approximate surface area is 129 Å². The van der Waals surface area contributed by atoms with Gasteiger partial charge in [-0.05, 0) is 27.5 Å². The molecule has 10 N–H and O–H groups in total. The second kappa shape index (κ2) is 6.45. The highest BCUT2D eigenvalue weighted by atomic mass is 127. The number of hydrogen-bond donors (Lipinski definition) is 5. The van der Waals surface area contributed by atoms with Gasteiger partial charge in [-0.1, -0.05) is 37.3 Å². The number of halogens is 1. The molecular weight excluding hydrogens is 361 g/mol. The molecule has 0 amide bonds. The van der Waals surface area contributed by atoms with E-state index in [0.717, 1.165) is 12.8 Å². The minimum absolute atomic E-state index is 0.484. The fourth-order valence-electron chi connectivity index (χ4n) is 2.10. The van der Waals surface area contributed by atoms with Crippen LogP contribution in [0.5, 0.6) is 0 Å². The maximum absolute atomic E-state index is 6.16. The number of rotatable bonds is 8. The van der Waals surface area contributed by atoms with E-state index in [1.54, 1.807) is 0 Å². The summed E-state index contributed by atoms with van der Waals surface area (Å²) in [5.41, 5.74) is -1.05. The van der Waals surface area contributed by atoms with Crippen LogP contribution in [0.3, 0.4) is 0 Å². The molecule has 0 aliphatic heterocycles. The Morgan fingerprint density at radius 2 is 1.21 bits per heavy atom. The van der Waals surface area contributed by atoms with Gasteiger partial charge in [0.2, 0.25) is 3.55 Å². The Kier molecular flexibility index (Phi) is 6.59. The van der Waals surface area contributed by atoms with Crippen LogP contribution in [0.2, 0.25) is 0 Å². The lowest BCUT2D eigenvalue weighted by Gasteiger charge is -2.45. The van der Waals surface area contributed by atoms with Crippen molar-refractivity contribution in [1.82, 2.24) is 0 Å². The predicted octanol–water partition coefficient (Wildman–Crippen LogP) is 0.388. The Bertz CT molecular complexity index is 284. The first-order valence-electron chi connectivity index (χ1n) is 6.56. The Hall–Kier alpha value is 0.410. The molecule has 9 heteroatoms. The fourth-order valence-corrected chi connectivity index (χ4v) is 2.20. The highest BCUT2D eigenvalue weighted by Crippen LogP contribution is 2.37. The highest BCUT2D eigenvalue weighted by Gasteiger charge is 2.57. The predicted molar refractivity (Wildman–Crippen MR) is 83.2 cm³/mol. The van der Waals surface area contributed by atoms with Crippen LogP contribution in [-0.2, 0) is 4.84 Å². The summed E-state index contributed by atoms with van der Waals surface area (Å²) in [6, 6.07) is 0. The number of quaternary nitrogens is 2. The van der Waals surface area contributed by atoms with E-state index in [2.05, 4.69) is 22.6 Å². The van der Waals surface area contributed by atoms with Gasteiger partial charge in [0.05, 0.1) is 0 Å². The highest BCUT2D eigenvalue weighted by molar-refractivity contribution is 14.1. The second-order valence-corrected chi connectivity index (χ2v) is 6.92. The summed E-state index contributed by atoms with van der Waals surface area (Å²) < 4.78 is -0.484. The minimum Gasteiger partial charge on any atom is -0.139 e. The molecular formula is C10H30IN7O+2. The maximum Gasteiger partial charge on any atom is 0.310 e. The molecule has 0 saturated heterocycles. The molecule has 8 nitrogen and oxygen atoms in total. The smallest absolute Gasteiger partial charge is 0.139 e. The SMILES string of the molecule is CCC(CC)(O[N+](N)(N)C(I)(CC)CC)[N+](N)(N)N. The van der Waals surface area contributed by atoms with Crippen LogP contribution in [0.4, 0.5) is 0 Å². The average molecular weight is 391 g/mol. The normalized spacial score (nSPS) is 14.8. The van der Waals surface area contributed by atoms with E-state index in [9.17, 15) is 0 Å². The first kappa shape index (κ1) is 19.4. The molecule has 0 spiro atoms. The van der Waals surface area contributed by atoms with Crippen molar-refractivity contribution in [3.63, 3.8) is 0 Å². The number of alkyl halides is 1. The van der Waals surface area contributed by atoms with Crippen LogP contribution in [-0.4, -0.2) is 18.9 Å². The fraction of sp³-hybridized carbons (Fsp3) is 1.00. The molecule has 0 bridgehead atoms. The molecule has 0 aliphatic carbocycles. The largest absolute Gasteiger partial charge is 0.310 e. The standard InChI is InChI=1S/C10H30IN7O/c1-5-9(11,6-2)18(15,16)19-10(7-3,8-4)17(12,13)14/h5-8,12-16H2,1-4H3/q+2. The summed E-state index contributed by atoms with van der Waals surface area (Å²) in [7, 11) is 0. The average Bonchev–Trinajstić information content (AvgIpc) is 2.33. The van der Waals surface area contributed by atoms with Crippen LogP contribution in [0.1, 0.15) is 53.4 Å². The first-order chi connectivity index (χ1) is 8.45. The third kappa shape index (κ3) is 3.74. The summed E-state index contributed by atoms with van der Waals surface area (Å²) in [5, 5.41) is 0. The molecule has 0 saturated carbocycles. The van der Waals surface area contributed by atoms with Gasteiger partial charge in [-0.15, -0.1) is 29.2 Å². The van der Waals surface area contributed by atoms with Crippen molar-refractivity contribution in [2.45, 2.75) is 62.6 Å². The van der Waals surface area contributed by atoms with Crippen molar-refractivity contribution in [2.75, 3.05) is 0 Å². The molecule has 0 fully saturated rings. The molecule has 0 heterocycles. The van der Waals surface area contributed by atoms with Crippen LogP contribution >= 0.6 is 22.6 Å². The first-order valence-corrected chi connectivity index (χ1v) is 7.64. The van der Waals surface area contributed by atoms with Crippen molar-refractivity contribution < 1.29 is 14.5 Å². The van der Waals surface area contributed by atoms with E-state index in [1.807, 2.05) is 27.7 Å². The van der Waals surface area contributed by atoms with Crippen molar-refractivity contribution in [3.05, 3.63) is 0 Å². The number of nitrogens with zero attached hydrogens (tertiary/aromatic N) is 2. The monoisotopic (exact) mass is 391 g/mol. The topological polar surface area (TPSA) is 139 Å². The summed E-state index contributed by atoms with van der Waals surface area (Å²) >= 11 is 2.21. The molecule has 116 valence electrons. The van der Waals surface area contributed by atoms with E-state index in [0.29, 0.717) is 12.8 Å². The summed E-state index contributed by atoms with van der Waals surface area (Å²) in [6.45, 7) is 7.77. The van der Waals surface area contributed by atoms with Gasteiger partial charge in [0, 0.05) is 25.7 Å². The van der Waals surface area contributed by atoms with Gasteiger partial charge < -0.3 is 0 Å². The van der Waals surface area contributed by atoms with Crippen LogP contribution < -0.4 is 29.2 Å². The second-order valence-electron chi connectivity index (χ2n) is 4.91. The summed E-state index contributed by atoms with van der Waals surface area (Å²) in [6.07, 6.45) is 2.45. The molecule has 0 radical (unpaired) electrons. The summed E-state index contributed by atoms with van der Waals surface area (Å²) in [4.78, 5) is 4.46. The van der Waals surface area contributed by atoms with Gasteiger partial charge in [-0.3, -0.25) is 0 Å². The molecule has 0 aromatic heterocycles. The van der Waals surface area contributed by atoms with E-state index in [-0.39, 0.29) is 0 Å². The lowest BCUT2D eigenvalue weighted by Crippen LogP contribution is -2.83. The lowest BCUT2D eigenvalue weighted by atomic mass is 10.1. The van der Waals surface area contributed by atoms with E-state index in [1.165, 1.54) is 0 Å². The molecule has 0 aromatic rings. The van der Waals surface area contributed by atoms with Crippen LogP contribution in [0, 0.1) is 0 Å². The summed E-state index contributed by atoms with van der Waals surface area (Å²) in [5.74, 6) is 29.8. The Morgan fingerprint density at radius 1 is 0.842 bits per heavy atom. The van der Waals surface area contributed by atoms with Gasteiger partial charge >= 0.3 is 5.72 Å². The zero-order valence-electron chi connectivity index (χ0n) is 12.4. The zero-order valence-corrected chi connectivity index (χ0v) is 14.6. The van der Waals surface area contributed by atoms with Gasteiger partial charge in [0.25, 0.3) is 0 Å². The van der Waals surface area contributed by atoms with E-state index in [4.69, 9.17) is 34.1 Å². The number of nitrogens with two attached hydrogens (primary N) is 5. The third-order valence-electron chi connectivity index (χ3n) is 3.84. The van der Waals surface area contributed by atoms with E-state index < -0.39 is 18.9 Å². The molecule has 0 aliphatic rings. The van der Waals surface area contributed by atoms with Crippen LogP contribution in [0.25, 0.3) is 0 Å². The maximum atomic E-state index is 6.16. The van der Waals surface area contributed by atoms with Gasteiger partial charge in [0.15, 0.2) is 0 Å². The van der Waals surface area contributed by atoms with Crippen LogP contribution in [0.15, 0.2) is 0 Å². The quantitative estimate of drug-likeness (QED) is 0.0771. The van der Waals surface area contributed by atoms with Gasteiger partial charge in [-0.25, -0.2) is 0 Å². The Morgan fingerprint density at radius 3 is 1.42 bits per heavy atom. The molecule has 0 unspecified atom stereocenters. The van der Waals surface area contributed by atoms with Gasteiger partial charge in [0.1, 0.15) is 0 Å². The minimum atomic E-state index is -1.05. The van der Waals surface area contributed by atoms with Gasteiger partial charge in [-0.2, -0.15) is 0 Å². The number of hydroxylamine groups is 1.